The maximum Gasteiger partial charge on any atom is 0.227 e. The third-order valence-corrected chi connectivity index (χ3v) is 4.19. The van der Waals surface area contributed by atoms with Crippen molar-refractivity contribution in [3.05, 3.63) is 71.3 Å². The Morgan fingerprint density at radius 2 is 1.81 bits per heavy atom. The van der Waals surface area contributed by atoms with E-state index in [1.165, 1.54) is 0 Å². The molecule has 0 fully saturated rings. The Kier molecular flexibility index (Phi) is 3.76. The van der Waals surface area contributed by atoms with Gasteiger partial charge >= 0.3 is 0 Å². The zero-order valence-corrected chi connectivity index (χ0v) is 12.0. The van der Waals surface area contributed by atoms with Crippen LogP contribution in [-0.2, 0) is 11.2 Å². The topological polar surface area (TPSA) is 49.3 Å². The molecule has 21 heavy (non-hydrogen) atoms. The third kappa shape index (κ3) is 2.69. The molecule has 0 spiro atoms. The number of benzene rings is 2. The second-order valence-corrected chi connectivity index (χ2v) is 5.59. The molecule has 0 bridgehead atoms. The molecule has 0 heterocycles. The number of hydrogen-bond donors (Lipinski definition) is 2. The molecule has 2 N–H and O–H groups in total. The van der Waals surface area contributed by atoms with Gasteiger partial charge in [0.15, 0.2) is 0 Å². The molecule has 0 aliphatic heterocycles. The van der Waals surface area contributed by atoms with Gasteiger partial charge in [0, 0.05) is 6.42 Å². The van der Waals surface area contributed by atoms with E-state index in [2.05, 4.69) is 5.32 Å². The van der Waals surface area contributed by atoms with Crippen LogP contribution in [0, 0.1) is 0 Å². The van der Waals surface area contributed by atoms with Gasteiger partial charge in [-0.25, -0.2) is 0 Å². The Bertz CT molecular complexity index is 639. The Morgan fingerprint density at radius 3 is 2.57 bits per heavy atom. The second-order valence-electron chi connectivity index (χ2n) is 5.59. The molecule has 2 aromatic carbocycles. The van der Waals surface area contributed by atoms with Crippen molar-refractivity contribution in [3.8, 4) is 0 Å². The van der Waals surface area contributed by atoms with Crippen molar-refractivity contribution in [1.29, 1.82) is 0 Å². The van der Waals surface area contributed by atoms with Crippen LogP contribution in [0.25, 0.3) is 0 Å². The summed E-state index contributed by atoms with van der Waals surface area (Å²) in [5.41, 5.74) is 3.12. The zero-order chi connectivity index (χ0) is 14.8. The minimum Gasteiger partial charge on any atom is -0.390 e. The number of amides is 1. The van der Waals surface area contributed by atoms with Crippen LogP contribution in [-0.4, -0.2) is 17.1 Å². The van der Waals surface area contributed by atoms with Gasteiger partial charge in [-0.1, -0.05) is 54.6 Å². The van der Waals surface area contributed by atoms with E-state index in [4.69, 9.17) is 0 Å². The molecule has 3 rings (SSSR count). The number of rotatable bonds is 3. The molecular formula is C18H19NO2. The Balaban J connectivity index is 1.76. The molecule has 108 valence electrons. The van der Waals surface area contributed by atoms with Crippen LogP contribution in [0.2, 0.25) is 0 Å². The summed E-state index contributed by atoms with van der Waals surface area (Å²) in [5, 5.41) is 13.2. The lowest BCUT2D eigenvalue weighted by molar-refractivity contribution is -0.123. The average Bonchev–Trinajstić information content (AvgIpc) is 2.83. The van der Waals surface area contributed by atoms with E-state index in [1.807, 2.05) is 61.5 Å². The lowest BCUT2D eigenvalue weighted by Crippen LogP contribution is -2.36. The highest BCUT2D eigenvalue weighted by Gasteiger charge is 2.32. The fourth-order valence-electron chi connectivity index (χ4n) is 2.92. The van der Waals surface area contributed by atoms with Gasteiger partial charge in [-0.2, -0.15) is 0 Å². The van der Waals surface area contributed by atoms with E-state index in [-0.39, 0.29) is 17.9 Å². The first kappa shape index (κ1) is 13.8. The molecule has 0 aromatic heterocycles. The number of hydrogen-bond acceptors (Lipinski definition) is 2. The molecule has 3 nitrogen and oxygen atoms in total. The lowest BCUT2D eigenvalue weighted by Gasteiger charge is -2.21. The lowest BCUT2D eigenvalue weighted by atomic mass is 9.99. The third-order valence-electron chi connectivity index (χ3n) is 4.19. The van der Waals surface area contributed by atoms with Crippen LogP contribution in [0.4, 0.5) is 0 Å². The molecule has 2 aromatic rings. The van der Waals surface area contributed by atoms with Crippen LogP contribution in [0.1, 0.15) is 35.6 Å². The summed E-state index contributed by atoms with van der Waals surface area (Å²) in [6, 6.07) is 17.3. The number of aliphatic hydroxyl groups excluding tert-OH is 1. The van der Waals surface area contributed by atoms with E-state index in [9.17, 15) is 9.90 Å². The molecule has 0 saturated carbocycles. The Hall–Kier alpha value is -2.13. The van der Waals surface area contributed by atoms with E-state index in [0.29, 0.717) is 6.42 Å². The molecule has 3 atom stereocenters. The molecule has 1 amide bonds. The number of carbonyl (C=O) groups is 1. The Labute approximate surface area is 124 Å². The van der Waals surface area contributed by atoms with E-state index >= 15 is 0 Å². The quantitative estimate of drug-likeness (QED) is 0.908. The van der Waals surface area contributed by atoms with Crippen molar-refractivity contribution in [2.24, 2.45) is 0 Å². The first-order valence-corrected chi connectivity index (χ1v) is 7.28. The maximum atomic E-state index is 12.4. The van der Waals surface area contributed by atoms with E-state index < -0.39 is 6.10 Å². The highest BCUT2D eigenvalue weighted by atomic mass is 16.3. The van der Waals surface area contributed by atoms with Crippen molar-refractivity contribution in [2.45, 2.75) is 31.4 Å². The fourth-order valence-corrected chi connectivity index (χ4v) is 2.92. The smallest absolute Gasteiger partial charge is 0.227 e. The van der Waals surface area contributed by atoms with Crippen LogP contribution in [0.5, 0.6) is 0 Å². The Morgan fingerprint density at radius 1 is 1.14 bits per heavy atom. The predicted molar refractivity (Wildman–Crippen MR) is 81.9 cm³/mol. The average molecular weight is 281 g/mol. The summed E-state index contributed by atoms with van der Waals surface area (Å²) >= 11 is 0. The van der Waals surface area contributed by atoms with Crippen LogP contribution < -0.4 is 5.32 Å². The summed E-state index contributed by atoms with van der Waals surface area (Å²) in [7, 11) is 0. The predicted octanol–water partition coefficient (Wildman–Crippen LogP) is 2.56. The summed E-state index contributed by atoms with van der Waals surface area (Å²) in [4.78, 5) is 12.4. The van der Waals surface area contributed by atoms with Gasteiger partial charge in [-0.15, -0.1) is 0 Å². The molecule has 1 aliphatic carbocycles. The van der Waals surface area contributed by atoms with Crippen LogP contribution in [0.3, 0.4) is 0 Å². The highest BCUT2D eigenvalue weighted by molar-refractivity contribution is 5.83. The number of nitrogens with one attached hydrogen (secondary N) is 1. The standard InChI is InChI=1S/C18H19NO2/c1-12(13-7-3-2-4-8-13)18(21)19-17-15-10-6-5-9-14(15)11-16(17)20/h2-10,12,16-17,20H,11H2,1H3,(H,19,21). The zero-order valence-electron chi connectivity index (χ0n) is 12.0. The minimum absolute atomic E-state index is 0.0537. The monoisotopic (exact) mass is 281 g/mol. The number of aliphatic hydroxyl groups is 1. The van der Waals surface area contributed by atoms with Crippen LogP contribution in [0.15, 0.2) is 54.6 Å². The molecule has 0 radical (unpaired) electrons. The summed E-state index contributed by atoms with van der Waals surface area (Å²) in [6.07, 6.45) is 0.0511. The number of fused-ring (bicyclic) bond motifs is 1. The van der Waals surface area contributed by atoms with Gasteiger partial charge in [0.25, 0.3) is 0 Å². The maximum absolute atomic E-state index is 12.4. The van der Waals surface area contributed by atoms with Crippen molar-refractivity contribution in [3.63, 3.8) is 0 Å². The first-order chi connectivity index (χ1) is 10.2. The molecule has 0 saturated heterocycles. The van der Waals surface area contributed by atoms with Crippen molar-refractivity contribution >= 4 is 5.91 Å². The van der Waals surface area contributed by atoms with Crippen LogP contribution >= 0.6 is 0 Å². The van der Waals surface area contributed by atoms with Crippen molar-refractivity contribution < 1.29 is 9.90 Å². The van der Waals surface area contributed by atoms with Crippen molar-refractivity contribution in [2.75, 3.05) is 0 Å². The van der Waals surface area contributed by atoms with Gasteiger partial charge in [0.1, 0.15) is 0 Å². The normalized spacial score (nSPS) is 21.6. The summed E-state index contributed by atoms with van der Waals surface area (Å²) in [6.45, 7) is 1.89. The first-order valence-electron chi connectivity index (χ1n) is 7.28. The highest BCUT2D eigenvalue weighted by Crippen LogP contribution is 2.31. The van der Waals surface area contributed by atoms with Gasteiger partial charge in [-0.05, 0) is 23.6 Å². The van der Waals surface area contributed by atoms with Crippen molar-refractivity contribution in [1.82, 2.24) is 5.32 Å². The summed E-state index contributed by atoms with van der Waals surface area (Å²) < 4.78 is 0. The minimum atomic E-state index is -0.547. The molecule has 3 unspecified atom stereocenters. The van der Waals surface area contributed by atoms with Gasteiger partial charge in [0.05, 0.1) is 18.1 Å². The van der Waals surface area contributed by atoms with Gasteiger partial charge < -0.3 is 10.4 Å². The molecule has 3 heteroatoms. The SMILES string of the molecule is CC(C(=O)NC1c2ccccc2CC1O)c1ccccc1. The fraction of sp³-hybridized carbons (Fsp3) is 0.278. The van der Waals surface area contributed by atoms with Gasteiger partial charge in [-0.3, -0.25) is 4.79 Å². The second kappa shape index (κ2) is 5.70. The molecule has 1 aliphatic rings. The molecular weight excluding hydrogens is 262 g/mol. The summed E-state index contributed by atoms with van der Waals surface area (Å²) in [5.74, 6) is -0.284. The van der Waals surface area contributed by atoms with E-state index in [1.54, 1.807) is 0 Å². The number of carbonyl (C=O) groups excluding carboxylic acids is 1. The largest absolute Gasteiger partial charge is 0.390 e. The van der Waals surface area contributed by atoms with E-state index in [0.717, 1.165) is 16.7 Å². The van der Waals surface area contributed by atoms with Gasteiger partial charge in [0.2, 0.25) is 5.91 Å².